The van der Waals surface area contributed by atoms with Gasteiger partial charge in [0.1, 0.15) is 22.9 Å². The number of hydrogen-bond donors (Lipinski definition) is 6. The first kappa shape index (κ1) is 62.7. The number of nitrogens with one attached hydrogen (secondary N) is 4. The number of aliphatic hydroxyl groups excluding tert-OH is 1. The summed E-state index contributed by atoms with van der Waals surface area (Å²) in [6.07, 6.45) is 3.92. The predicted molar refractivity (Wildman–Crippen MR) is 327 cm³/mol. The van der Waals surface area contributed by atoms with Crippen LogP contribution in [0.3, 0.4) is 0 Å². The molecule has 0 saturated heterocycles. The molecule has 0 unspecified atom stereocenters. The Bertz CT molecular complexity index is 3760. The quantitative estimate of drug-likeness (QED) is 0.00663. The van der Waals surface area contributed by atoms with E-state index in [-0.39, 0.29) is 67.2 Å². The van der Waals surface area contributed by atoms with Gasteiger partial charge in [-0.05, 0) is 90.1 Å². The van der Waals surface area contributed by atoms with Gasteiger partial charge in [0.05, 0.1) is 64.5 Å². The number of carbonyl (C=O) groups is 4. The van der Waals surface area contributed by atoms with Crippen molar-refractivity contribution in [2.45, 2.75) is 51.7 Å². The smallest absolute Gasteiger partial charge is 0.313 e. The van der Waals surface area contributed by atoms with E-state index < -0.39 is 44.1 Å². The van der Waals surface area contributed by atoms with Gasteiger partial charge in [-0.2, -0.15) is 23.4 Å². The second kappa shape index (κ2) is 29.4. The van der Waals surface area contributed by atoms with E-state index in [1.807, 2.05) is 44.7 Å². The molecule has 0 fully saturated rings. The van der Waals surface area contributed by atoms with Crippen LogP contribution in [-0.4, -0.2) is 119 Å². The van der Waals surface area contributed by atoms with Gasteiger partial charge in [-0.25, -0.2) is 9.97 Å². The third kappa shape index (κ3) is 16.4. The summed E-state index contributed by atoms with van der Waals surface area (Å²) >= 11 is 2.87. The summed E-state index contributed by atoms with van der Waals surface area (Å²) in [7, 11) is -2.02. The number of benzene rings is 4. The number of aromatic nitrogens is 5. The Hall–Kier alpha value is -8.87. The molecule has 3 aromatic heterocycles. The summed E-state index contributed by atoms with van der Waals surface area (Å²) in [6, 6.07) is 23.9. The van der Waals surface area contributed by atoms with Crippen LogP contribution in [-0.2, 0) is 29.3 Å². The highest BCUT2D eigenvalue weighted by Gasteiger charge is 2.26. The van der Waals surface area contributed by atoms with E-state index in [1.54, 1.807) is 72.8 Å². The maximum Gasteiger partial charge on any atom is 0.313 e. The molecule has 0 aliphatic rings. The minimum Gasteiger partial charge on any atom is -0.494 e. The number of thioether (sulfide) groups is 1. The normalized spacial score (nSPS) is 11.9. The molecule has 3 heterocycles. The molecule has 4 aromatic carbocycles. The molecule has 0 atom stereocenters. The molecule has 29 heteroatoms. The number of methoxy groups -OCH3 is 2. The molecule has 438 valence electrons. The van der Waals surface area contributed by atoms with Gasteiger partial charge in [-0.1, -0.05) is 70.8 Å². The number of carbonyl (C=O) groups excluding carboxylic acids is 4. The highest BCUT2D eigenvalue weighted by atomic mass is 32.2. The van der Waals surface area contributed by atoms with Gasteiger partial charge in [-0.15, -0.1) is 20.5 Å². The number of aliphatic hydroxyl groups is 1. The number of para-hydroxylation sites is 2. The summed E-state index contributed by atoms with van der Waals surface area (Å²) in [4.78, 5) is 78.8. The minimum atomic E-state index is -5.04. The molecular weight excluding hydrogens is 1160 g/mol. The van der Waals surface area contributed by atoms with Crippen molar-refractivity contribution < 1.29 is 46.7 Å². The van der Waals surface area contributed by atoms with E-state index in [1.165, 1.54) is 33.4 Å². The number of Topliss-reactive ketones (excluding diaryl/α,β-unsaturated/α-hetero) is 2. The van der Waals surface area contributed by atoms with E-state index in [2.05, 4.69) is 66.6 Å². The van der Waals surface area contributed by atoms with Crippen LogP contribution in [0, 0.1) is 0 Å². The van der Waals surface area contributed by atoms with Crippen molar-refractivity contribution in [1.29, 1.82) is 0 Å². The van der Waals surface area contributed by atoms with Crippen LogP contribution in [0.15, 0.2) is 133 Å². The van der Waals surface area contributed by atoms with Gasteiger partial charge < -0.3 is 45.6 Å². The second-order valence-corrected chi connectivity index (χ2v) is 21.9. The fourth-order valence-electron chi connectivity index (χ4n) is 7.92. The summed E-state index contributed by atoms with van der Waals surface area (Å²) < 4.78 is 47.4. The molecular formula is C55H59N15O10S4. The highest BCUT2D eigenvalue weighted by Crippen LogP contribution is 2.43. The molecule has 0 saturated carbocycles. The first-order valence-corrected chi connectivity index (χ1v) is 29.9. The summed E-state index contributed by atoms with van der Waals surface area (Å²) in [5, 5.41) is 38.8. The van der Waals surface area contributed by atoms with Crippen molar-refractivity contribution >= 4 is 148 Å². The predicted octanol–water partition coefficient (Wildman–Crippen LogP) is 11.4. The van der Waals surface area contributed by atoms with E-state index in [0.29, 0.717) is 82.3 Å². The topological polar surface area (TPSA) is 330 Å². The molecule has 84 heavy (non-hydrogen) atoms. The molecule has 7 aromatic rings. The maximum atomic E-state index is 13.3. The standard InChI is InChI=1S/C55H59N15O10S4/c1-9-69(10-2)43-27-39(41(29-45(43)79-7)65-67-53-56-31-36(82-53)25-37(32(5)72)48(74)57-34-19-15-13-16-20-34)59-51-62-52(64-54(63-51)81-24-23-71)60-40-28-44(70(11-3)12-4)46(80-8)30-42(40)66-68-55-61-50(84(76,77)78)47(83-55)26-38(33(6)73)49(75)58-35-21-17-14-18-22-35/h13-22,25-31,71H,9-12,23-24H2,1-8H3,(H,57,74)(H,58,75)(H,76,77,78)(H2,59,60,62,63,64)/b37-25+,38-26-,67-65+,68-66+. The van der Waals surface area contributed by atoms with Crippen molar-refractivity contribution in [2.24, 2.45) is 20.5 Å². The Morgan fingerprint density at radius 1 is 0.655 bits per heavy atom. The zero-order chi connectivity index (χ0) is 60.5. The molecule has 6 N–H and O–H groups in total. The van der Waals surface area contributed by atoms with Crippen molar-refractivity contribution in [1.82, 2.24) is 24.9 Å². The first-order valence-electron chi connectivity index (χ1n) is 25.8. The lowest BCUT2D eigenvalue weighted by molar-refractivity contribution is -0.120. The number of amides is 2. The number of thiazole rings is 2. The third-order valence-corrected chi connectivity index (χ3v) is 15.4. The van der Waals surface area contributed by atoms with Gasteiger partial charge in [0.25, 0.3) is 11.8 Å². The molecule has 7 rings (SSSR count). The van der Waals surface area contributed by atoms with Crippen LogP contribution >= 0.6 is 34.4 Å². The van der Waals surface area contributed by atoms with Gasteiger partial charge >= 0.3 is 10.1 Å². The number of ether oxygens (including phenoxy) is 2. The number of ketones is 2. The minimum absolute atomic E-state index is 0.00710. The molecule has 0 spiro atoms. The van der Waals surface area contributed by atoms with Crippen molar-refractivity contribution in [3.8, 4) is 11.5 Å². The largest absolute Gasteiger partial charge is 0.494 e. The molecule has 25 nitrogen and oxygen atoms in total. The number of anilines is 8. The van der Waals surface area contributed by atoms with E-state index >= 15 is 0 Å². The third-order valence-electron chi connectivity index (χ3n) is 12.0. The molecule has 0 aliphatic carbocycles. The number of rotatable bonds is 28. The van der Waals surface area contributed by atoms with E-state index in [9.17, 15) is 37.3 Å². The van der Waals surface area contributed by atoms with Crippen LogP contribution in [0.2, 0.25) is 0 Å². The van der Waals surface area contributed by atoms with Crippen molar-refractivity contribution in [2.75, 3.05) is 83.8 Å². The molecule has 2 amide bonds. The lowest BCUT2D eigenvalue weighted by atomic mass is 10.1. The monoisotopic (exact) mass is 1220 g/mol. The average Bonchev–Trinajstić information content (AvgIpc) is 4.29. The Kier molecular flexibility index (Phi) is 22.0. The van der Waals surface area contributed by atoms with E-state index in [4.69, 9.17) is 14.5 Å². The Balaban J connectivity index is 1.28. The van der Waals surface area contributed by atoms with Crippen LogP contribution in [0.1, 0.15) is 51.3 Å². The van der Waals surface area contributed by atoms with Crippen LogP contribution in [0.25, 0.3) is 12.2 Å². The van der Waals surface area contributed by atoms with Gasteiger partial charge in [-0.3, -0.25) is 23.7 Å². The zero-order valence-electron chi connectivity index (χ0n) is 46.8. The first-order chi connectivity index (χ1) is 40.4. The Morgan fingerprint density at radius 3 is 1.57 bits per heavy atom. The second-order valence-electron chi connectivity index (χ2n) is 17.5. The summed E-state index contributed by atoms with van der Waals surface area (Å²) in [5.74, 6) is -1.47. The number of hydrogen-bond acceptors (Lipinski definition) is 25. The maximum absolute atomic E-state index is 13.3. The van der Waals surface area contributed by atoms with E-state index in [0.717, 1.165) is 36.1 Å². The Morgan fingerprint density at radius 2 is 1.13 bits per heavy atom. The summed E-state index contributed by atoms with van der Waals surface area (Å²) in [5.41, 5.74) is 2.77. The van der Waals surface area contributed by atoms with Crippen molar-refractivity contribution in [3.63, 3.8) is 0 Å². The fourth-order valence-corrected chi connectivity index (χ4v) is 10.9. The van der Waals surface area contributed by atoms with Gasteiger partial charge in [0.15, 0.2) is 16.7 Å². The number of nitrogens with zero attached hydrogens (tertiary/aromatic N) is 11. The van der Waals surface area contributed by atoms with Crippen LogP contribution in [0.4, 0.5) is 67.7 Å². The zero-order valence-corrected chi connectivity index (χ0v) is 50.0. The fraction of sp³-hybridized carbons (Fsp3) is 0.255. The van der Waals surface area contributed by atoms with Crippen LogP contribution < -0.4 is 40.5 Å². The summed E-state index contributed by atoms with van der Waals surface area (Å²) in [6.45, 7) is 12.5. The number of azo groups is 2. The van der Waals surface area contributed by atoms with Crippen molar-refractivity contribution in [3.05, 3.63) is 112 Å². The highest BCUT2D eigenvalue weighted by molar-refractivity contribution is 7.99. The molecule has 0 aliphatic heterocycles. The van der Waals surface area contributed by atoms with Crippen LogP contribution in [0.5, 0.6) is 11.5 Å². The lowest BCUT2D eigenvalue weighted by Crippen LogP contribution is -2.22. The van der Waals surface area contributed by atoms with Gasteiger partial charge in [0.2, 0.25) is 27.2 Å². The van der Waals surface area contributed by atoms with Gasteiger partial charge in [0, 0.05) is 61.6 Å². The lowest BCUT2D eigenvalue weighted by Gasteiger charge is -2.25. The SMILES string of the molecule is CCN(CC)c1cc(Nc2nc(Nc3cc(N(CC)CC)c(OC)cc3/N=N/c3nc(S(=O)(=O)O)c(/C=C(/C(C)=O)C(=O)Nc4ccccc4)s3)nc(SCCO)n2)c(/N=N/c2ncc(/C=C(\C(C)=O)C(=O)Nc3ccccc3)s2)cc1OC. The Labute approximate surface area is 496 Å². The molecule has 0 radical (unpaired) electrons. The molecule has 0 bridgehead atoms. The average molecular weight is 1220 g/mol.